The molecule has 0 aromatic carbocycles. The fourth-order valence-electron chi connectivity index (χ4n) is 1.91. The molecule has 3 N–H and O–H groups in total. The maximum absolute atomic E-state index is 12.0. The van der Waals surface area contributed by atoms with Gasteiger partial charge in [-0.1, -0.05) is 0 Å². The summed E-state index contributed by atoms with van der Waals surface area (Å²) in [6.07, 6.45) is 2.62. The number of hydrogen-bond acceptors (Lipinski definition) is 3. The third-order valence-electron chi connectivity index (χ3n) is 3.09. The zero-order valence-corrected chi connectivity index (χ0v) is 9.68. The van der Waals surface area contributed by atoms with Crippen LogP contribution in [0.5, 0.6) is 0 Å². The van der Waals surface area contributed by atoms with Gasteiger partial charge in [-0.3, -0.25) is 4.79 Å². The van der Waals surface area contributed by atoms with Crippen molar-refractivity contribution in [2.45, 2.75) is 39.2 Å². The second-order valence-electron chi connectivity index (χ2n) is 4.73. The van der Waals surface area contributed by atoms with Gasteiger partial charge in [0.05, 0.1) is 5.41 Å². The topological polar surface area (TPSA) is 61.4 Å². The molecule has 4 heteroatoms. The van der Waals surface area contributed by atoms with E-state index >= 15 is 0 Å². The van der Waals surface area contributed by atoms with Gasteiger partial charge in [-0.05, 0) is 39.7 Å². The number of carbonyl (C=O) groups excluding carboxylic acids is 1. The number of aliphatic hydroxyl groups is 1. The summed E-state index contributed by atoms with van der Waals surface area (Å²) in [5, 5.41) is 15.0. The monoisotopic (exact) mass is 214 g/mol. The summed E-state index contributed by atoms with van der Waals surface area (Å²) in [6.45, 7) is 5.81. The van der Waals surface area contributed by atoms with Crippen molar-refractivity contribution in [1.29, 1.82) is 0 Å². The summed E-state index contributed by atoms with van der Waals surface area (Å²) in [5.41, 5.74) is -0.276. The summed E-state index contributed by atoms with van der Waals surface area (Å²) in [7, 11) is 0. The highest BCUT2D eigenvalue weighted by Gasteiger charge is 2.34. The molecule has 1 rings (SSSR count). The highest BCUT2D eigenvalue weighted by atomic mass is 16.3. The van der Waals surface area contributed by atoms with Crippen LogP contribution in [0.4, 0.5) is 0 Å². The second-order valence-corrected chi connectivity index (χ2v) is 4.73. The smallest absolute Gasteiger partial charge is 0.227 e. The largest absolute Gasteiger partial charge is 0.396 e. The Kier molecular flexibility index (Phi) is 4.54. The Bertz CT molecular complexity index is 213. The standard InChI is InChI=1S/C11H22N2O2/c1-9(4-7-14)13-10(15)11(2)5-3-6-12-8-11/h9,12,14H,3-8H2,1-2H3,(H,13,15). The van der Waals surface area contributed by atoms with Gasteiger partial charge in [0.15, 0.2) is 0 Å². The molecule has 4 nitrogen and oxygen atoms in total. The predicted octanol–water partition coefficient (Wildman–Crippen LogP) is 0.263. The molecule has 0 bridgehead atoms. The van der Waals surface area contributed by atoms with Crippen LogP contribution < -0.4 is 10.6 Å². The lowest BCUT2D eigenvalue weighted by Gasteiger charge is -2.33. The Labute approximate surface area is 91.4 Å². The quantitative estimate of drug-likeness (QED) is 0.629. The van der Waals surface area contributed by atoms with Gasteiger partial charge in [-0.15, -0.1) is 0 Å². The molecule has 1 amide bonds. The van der Waals surface area contributed by atoms with Gasteiger partial charge in [-0.2, -0.15) is 0 Å². The molecule has 0 radical (unpaired) electrons. The van der Waals surface area contributed by atoms with Crippen molar-refractivity contribution < 1.29 is 9.90 Å². The fraction of sp³-hybridized carbons (Fsp3) is 0.909. The number of hydrogen-bond donors (Lipinski definition) is 3. The molecular weight excluding hydrogens is 192 g/mol. The highest BCUT2D eigenvalue weighted by Crippen LogP contribution is 2.25. The predicted molar refractivity (Wildman–Crippen MR) is 59.5 cm³/mol. The van der Waals surface area contributed by atoms with Crippen LogP contribution in [0.15, 0.2) is 0 Å². The summed E-state index contributed by atoms with van der Waals surface area (Å²) < 4.78 is 0. The first-order chi connectivity index (χ1) is 7.08. The highest BCUT2D eigenvalue weighted by molar-refractivity contribution is 5.82. The Hall–Kier alpha value is -0.610. The molecule has 0 aromatic heterocycles. The minimum absolute atomic E-state index is 0.0567. The number of amides is 1. The molecule has 2 atom stereocenters. The van der Waals surface area contributed by atoms with E-state index in [0.29, 0.717) is 6.42 Å². The van der Waals surface area contributed by atoms with Gasteiger partial charge < -0.3 is 15.7 Å². The number of piperidine rings is 1. The van der Waals surface area contributed by atoms with Crippen molar-refractivity contribution in [3.63, 3.8) is 0 Å². The minimum Gasteiger partial charge on any atom is -0.396 e. The van der Waals surface area contributed by atoms with Crippen LogP contribution >= 0.6 is 0 Å². The van der Waals surface area contributed by atoms with Crippen LogP contribution in [0, 0.1) is 5.41 Å². The van der Waals surface area contributed by atoms with Crippen molar-refractivity contribution in [3.8, 4) is 0 Å². The molecule has 0 spiro atoms. The van der Waals surface area contributed by atoms with Crippen LogP contribution in [0.1, 0.15) is 33.1 Å². The van der Waals surface area contributed by atoms with Gasteiger partial charge in [0.25, 0.3) is 0 Å². The van der Waals surface area contributed by atoms with Crippen LogP contribution in [-0.2, 0) is 4.79 Å². The van der Waals surface area contributed by atoms with Crippen LogP contribution in [-0.4, -0.2) is 36.8 Å². The Morgan fingerprint density at radius 2 is 2.40 bits per heavy atom. The average molecular weight is 214 g/mol. The molecule has 15 heavy (non-hydrogen) atoms. The summed E-state index contributed by atoms with van der Waals surface area (Å²) >= 11 is 0. The van der Waals surface area contributed by atoms with Gasteiger partial charge in [0.2, 0.25) is 5.91 Å². The summed E-state index contributed by atoms with van der Waals surface area (Å²) in [4.78, 5) is 12.0. The van der Waals surface area contributed by atoms with Crippen LogP contribution in [0.25, 0.3) is 0 Å². The van der Waals surface area contributed by atoms with Crippen LogP contribution in [0.3, 0.4) is 0 Å². The van der Waals surface area contributed by atoms with E-state index in [0.717, 1.165) is 25.9 Å². The van der Waals surface area contributed by atoms with Crippen molar-refractivity contribution in [2.24, 2.45) is 5.41 Å². The maximum atomic E-state index is 12.0. The van der Waals surface area contributed by atoms with Crippen molar-refractivity contribution in [3.05, 3.63) is 0 Å². The molecule has 1 heterocycles. The van der Waals surface area contributed by atoms with Gasteiger partial charge in [-0.25, -0.2) is 0 Å². The number of rotatable bonds is 4. The number of nitrogens with one attached hydrogen (secondary N) is 2. The molecular formula is C11H22N2O2. The first kappa shape index (κ1) is 12.5. The zero-order chi connectivity index (χ0) is 11.3. The molecule has 0 aliphatic carbocycles. The van der Waals surface area contributed by atoms with Gasteiger partial charge >= 0.3 is 0 Å². The van der Waals surface area contributed by atoms with E-state index in [9.17, 15) is 4.79 Å². The fourth-order valence-corrected chi connectivity index (χ4v) is 1.91. The first-order valence-electron chi connectivity index (χ1n) is 5.71. The SMILES string of the molecule is CC(CCO)NC(=O)C1(C)CCCNC1. The molecule has 0 aromatic rings. The van der Waals surface area contributed by atoms with Gasteiger partial charge in [0.1, 0.15) is 0 Å². The van der Waals surface area contributed by atoms with Gasteiger partial charge in [0, 0.05) is 19.2 Å². The Morgan fingerprint density at radius 3 is 2.93 bits per heavy atom. The first-order valence-corrected chi connectivity index (χ1v) is 5.71. The van der Waals surface area contributed by atoms with E-state index < -0.39 is 0 Å². The Balaban J connectivity index is 2.44. The summed E-state index contributed by atoms with van der Waals surface area (Å²) in [5.74, 6) is 0.107. The summed E-state index contributed by atoms with van der Waals surface area (Å²) in [6, 6.07) is 0.0567. The van der Waals surface area contributed by atoms with E-state index in [4.69, 9.17) is 5.11 Å². The lowest BCUT2D eigenvalue weighted by atomic mass is 9.81. The minimum atomic E-state index is -0.276. The molecule has 1 saturated heterocycles. The molecule has 1 aliphatic rings. The molecule has 88 valence electrons. The Morgan fingerprint density at radius 1 is 1.67 bits per heavy atom. The third-order valence-corrected chi connectivity index (χ3v) is 3.09. The maximum Gasteiger partial charge on any atom is 0.227 e. The molecule has 2 unspecified atom stereocenters. The normalized spacial score (nSPS) is 28.5. The average Bonchev–Trinajstić information content (AvgIpc) is 2.19. The lowest BCUT2D eigenvalue weighted by Crippen LogP contribution is -2.50. The van der Waals surface area contributed by atoms with E-state index in [1.165, 1.54) is 0 Å². The van der Waals surface area contributed by atoms with E-state index in [2.05, 4.69) is 10.6 Å². The molecule has 0 saturated carbocycles. The van der Waals surface area contributed by atoms with E-state index in [1.807, 2.05) is 13.8 Å². The molecule has 1 fully saturated rings. The number of carbonyl (C=O) groups is 1. The van der Waals surface area contributed by atoms with Crippen molar-refractivity contribution in [2.75, 3.05) is 19.7 Å². The lowest BCUT2D eigenvalue weighted by molar-refractivity contribution is -0.131. The van der Waals surface area contributed by atoms with Crippen molar-refractivity contribution >= 4 is 5.91 Å². The number of aliphatic hydroxyl groups excluding tert-OH is 1. The second kappa shape index (κ2) is 5.47. The van der Waals surface area contributed by atoms with E-state index in [-0.39, 0.29) is 24.0 Å². The van der Waals surface area contributed by atoms with E-state index in [1.54, 1.807) is 0 Å². The van der Waals surface area contributed by atoms with Crippen LogP contribution in [0.2, 0.25) is 0 Å². The zero-order valence-electron chi connectivity index (χ0n) is 9.68. The van der Waals surface area contributed by atoms with Crippen molar-refractivity contribution in [1.82, 2.24) is 10.6 Å². The molecule has 1 aliphatic heterocycles. The third kappa shape index (κ3) is 3.47.